The van der Waals surface area contributed by atoms with Crippen molar-refractivity contribution in [3.8, 4) is 0 Å². The molecule has 0 saturated heterocycles. The smallest absolute Gasteiger partial charge is 0.00555 e. The van der Waals surface area contributed by atoms with Crippen LogP contribution in [0.5, 0.6) is 0 Å². The summed E-state index contributed by atoms with van der Waals surface area (Å²) in [5, 5.41) is 0. The van der Waals surface area contributed by atoms with Crippen molar-refractivity contribution in [2.75, 3.05) is 14.1 Å². The maximum absolute atomic E-state index is 2.21. The van der Waals surface area contributed by atoms with E-state index >= 15 is 0 Å². The summed E-state index contributed by atoms with van der Waals surface area (Å²) in [6.45, 7) is 2.17. The van der Waals surface area contributed by atoms with Crippen molar-refractivity contribution in [2.45, 2.75) is 19.8 Å². The Morgan fingerprint density at radius 1 is 1.21 bits per heavy atom. The summed E-state index contributed by atoms with van der Waals surface area (Å²) in [4.78, 5) is 2.07. The lowest BCUT2D eigenvalue weighted by Crippen LogP contribution is -2.00. The zero-order valence-corrected chi connectivity index (χ0v) is 9.33. The fraction of sp³-hybridized carbons (Fsp3) is 0.385. The van der Waals surface area contributed by atoms with E-state index < -0.39 is 0 Å². The van der Waals surface area contributed by atoms with E-state index in [2.05, 4.69) is 48.4 Å². The highest BCUT2D eigenvalue weighted by Crippen LogP contribution is 2.09. The summed E-state index contributed by atoms with van der Waals surface area (Å²) < 4.78 is 0. The topological polar surface area (TPSA) is 3.24 Å². The Kier molecular flexibility index (Phi) is 4.24. The second kappa shape index (κ2) is 5.48. The Morgan fingerprint density at radius 3 is 2.57 bits per heavy atom. The molecule has 1 aromatic rings. The van der Waals surface area contributed by atoms with Crippen LogP contribution in [-0.4, -0.2) is 19.0 Å². The summed E-state index contributed by atoms with van der Waals surface area (Å²) in [5.74, 6) is 0. The van der Waals surface area contributed by atoms with E-state index in [1.165, 1.54) is 11.1 Å². The van der Waals surface area contributed by atoms with E-state index in [0.717, 1.165) is 12.8 Å². The number of benzene rings is 1. The third-order valence-electron chi connectivity index (χ3n) is 2.25. The van der Waals surface area contributed by atoms with Gasteiger partial charge in [-0.2, -0.15) is 0 Å². The van der Waals surface area contributed by atoms with Crippen molar-refractivity contribution in [1.82, 2.24) is 4.90 Å². The lowest BCUT2D eigenvalue weighted by molar-refractivity contribution is 0.561. The lowest BCUT2D eigenvalue weighted by Gasteiger charge is -2.04. The van der Waals surface area contributed by atoms with Gasteiger partial charge in [-0.25, -0.2) is 0 Å². The Labute approximate surface area is 87.1 Å². The van der Waals surface area contributed by atoms with Crippen LogP contribution in [-0.2, 0) is 6.42 Å². The van der Waals surface area contributed by atoms with Crippen molar-refractivity contribution in [3.05, 3.63) is 47.7 Å². The third kappa shape index (κ3) is 3.65. The molecule has 0 spiro atoms. The Balaban J connectivity index is 2.42. The highest BCUT2D eigenvalue weighted by molar-refractivity contribution is 5.25. The molecule has 0 fully saturated rings. The standard InChI is InChI=1S/C13H19N/c1-12-8-4-5-9-13(12)10-6-7-11-14(2)3/h4-5,7-9,11H,6,10H2,1-3H3/b11-7+. The molecule has 0 bridgehead atoms. The van der Waals surface area contributed by atoms with E-state index in [4.69, 9.17) is 0 Å². The van der Waals surface area contributed by atoms with Crippen molar-refractivity contribution in [2.24, 2.45) is 0 Å². The van der Waals surface area contributed by atoms with Gasteiger partial charge in [-0.3, -0.25) is 0 Å². The summed E-state index contributed by atoms with van der Waals surface area (Å²) >= 11 is 0. The molecule has 0 aliphatic rings. The predicted octanol–water partition coefficient (Wildman–Crippen LogP) is 3.00. The third-order valence-corrected chi connectivity index (χ3v) is 2.25. The normalized spacial score (nSPS) is 10.8. The molecule has 0 atom stereocenters. The van der Waals surface area contributed by atoms with Gasteiger partial charge in [0, 0.05) is 14.1 Å². The number of allylic oxidation sites excluding steroid dienone is 1. The molecule has 0 radical (unpaired) electrons. The first-order chi connectivity index (χ1) is 6.70. The molecule has 1 nitrogen and oxygen atoms in total. The minimum Gasteiger partial charge on any atom is -0.384 e. The van der Waals surface area contributed by atoms with Gasteiger partial charge in [0.05, 0.1) is 0 Å². The molecule has 0 heterocycles. The van der Waals surface area contributed by atoms with Gasteiger partial charge < -0.3 is 4.90 Å². The number of aryl methyl sites for hydroxylation is 2. The van der Waals surface area contributed by atoms with Crippen molar-refractivity contribution in [1.29, 1.82) is 0 Å². The van der Waals surface area contributed by atoms with Crippen LogP contribution in [0.3, 0.4) is 0 Å². The van der Waals surface area contributed by atoms with Crippen LogP contribution in [0.2, 0.25) is 0 Å². The number of hydrogen-bond donors (Lipinski definition) is 0. The molecule has 1 heteroatoms. The molecule has 1 rings (SSSR count). The van der Waals surface area contributed by atoms with Crippen molar-refractivity contribution >= 4 is 0 Å². The second-order valence-electron chi connectivity index (χ2n) is 3.81. The van der Waals surface area contributed by atoms with E-state index in [-0.39, 0.29) is 0 Å². The first-order valence-electron chi connectivity index (χ1n) is 5.08. The molecule has 0 amide bonds. The van der Waals surface area contributed by atoms with E-state index in [0.29, 0.717) is 0 Å². The quantitative estimate of drug-likeness (QED) is 0.703. The number of nitrogens with zero attached hydrogens (tertiary/aromatic N) is 1. The van der Waals surface area contributed by atoms with Gasteiger partial charge in [0.1, 0.15) is 0 Å². The maximum atomic E-state index is 2.21. The molecule has 0 aromatic heterocycles. The molecule has 0 aliphatic carbocycles. The molecular weight excluding hydrogens is 170 g/mol. The molecule has 0 unspecified atom stereocenters. The minimum absolute atomic E-state index is 1.11. The zero-order chi connectivity index (χ0) is 10.4. The SMILES string of the molecule is Cc1ccccc1CC/C=C/N(C)C. The van der Waals surface area contributed by atoms with E-state index in [1.54, 1.807) is 0 Å². The fourth-order valence-electron chi connectivity index (χ4n) is 1.41. The average molecular weight is 189 g/mol. The molecule has 0 N–H and O–H groups in total. The highest BCUT2D eigenvalue weighted by atomic mass is 15.0. The predicted molar refractivity (Wildman–Crippen MR) is 62.3 cm³/mol. The summed E-state index contributed by atoms with van der Waals surface area (Å²) in [6, 6.07) is 8.58. The largest absolute Gasteiger partial charge is 0.384 e. The molecule has 1 aromatic carbocycles. The Morgan fingerprint density at radius 2 is 1.93 bits per heavy atom. The Hall–Kier alpha value is -1.24. The van der Waals surface area contributed by atoms with E-state index in [1.807, 2.05) is 14.1 Å². The molecular formula is C13H19N. The first kappa shape index (κ1) is 10.8. The monoisotopic (exact) mass is 189 g/mol. The van der Waals surface area contributed by atoms with Gasteiger partial charge >= 0.3 is 0 Å². The van der Waals surface area contributed by atoms with Gasteiger partial charge in [-0.05, 0) is 37.1 Å². The molecule has 0 aliphatic heterocycles. The van der Waals surface area contributed by atoms with Crippen LogP contribution in [0, 0.1) is 6.92 Å². The second-order valence-corrected chi connectivity index (χ2v) is 3.81. The molecule has 76 valence electrons. The molecule has 14 heavy (non-hydrogen) atoms. The first-order valence-corrected chi connectivity index (χ1v) is 5.08. The van der Waals surface area contributed by atoms with Crippen LogP contribution in [0.25, 0.3) is 0 Å². The summed E-state index contributed by atoms with van der Waals surface area (Å²) in [6.07, 6.45) is 6.57. The van der Waals surface area contributed by atoms with Crippen molar-refractivity contribution in [3.63, 3.8) is 0 Å². The van der Waals surface area contributed by atoms with Crippen LogP contribution in [0.15, 0.2) is 36.5 Å². The Bertz CT molecular complexity index is 300. The van der Waals surface area contributed by atoms with Gasteiger partial charge in [0.2, 0.25) is 0 Å². The van der Waals surface area contributed by atoms with Crippen molar-refractivity contribution < 1.29 is 0 Å². The van der Waals surface area contributed by atoms with Crippen LogP contribution in [0.1, 0.15) is 17.5 Å². The van der Waals surface area contributed by atoms with Crippen LogP contribution < -0.4 is 0 Å². The van der Waals surface area contributed by atoms with Gasteiger partial charge in [-0.1, -0.05) is 30.3 Å². The number of hydrogen-bond acceptors (Lipinski definition) is 1. The highest BCUT2D eigenvalue weighted by Gasteiger charge is 1.94. The van der Waals surface area contributed by atoms with Gasteiger partial charge in [-0.15, -0.1) is 0 Å². The van der Waals surface area contributed by atoms with E-state index in [9.17, 15) is 0 Å². The summed E-state index contributed by atoms with van der Waals surface area (Å²) in [5.41, 5.74) is 2.85. The summed E-state index contributed by atoms with van der Waals surface area (Å²) in [7, 11) is 4.09. The zero-order valence-electron chi connectivity index (χ0n) is 9.33. The van der Waals surface area contributed by atoms with Crippen LogP contribution in [0.4, 0.5) is 0 Å². The fourth-order valence-corrected chi connectivity index (χ4v) is 1.41. The maximum Gasteiger partial charge on any atom is 0.00555 e. The van der Waals surface area contributed by atoms with Gasteiger partial charge in [0.15, 0.2) is 0 Å². The lowest BCUT2D eigenvalue weighted by atomic mass is 10.0. The van der Waals surface area contributed by atoms with Gasteiger partial charge in [0.25, 0.3) is 0 Å². The minimum atomic E-state index is 1.11. The van der Waals surface area contributed by atoms with Crippen LogP contribution >= 0.6 is 0 Å². The molecule has 0 saturated carbocycles. The number of rotatable bonds is 4. The average Bonchev–Trinajstić information content (AvgIpc) is 2.15.